The molecular formula is C21H32N6O. The predicted molar refractivity (Wildman–Crippen MR) is 112 cm³/mol. The third-order valence-electron chi connectivity index (χ3n) is 5.64. The zero-order valence-corrected chi connectivity index (χ0v) is 17.2. The molecule has 1 fully saturated rings. The molecule has 2 N–H and O–H groups in total. The Morgan fingerprint density at radius 3 is 2.57 bits per heavy atom. The van der Waals surface area contributed by atoms with Gasteiger partial charge in [-0.1, -0.05) is 24.3 Å². The van der Waals surface area contributed by atoms with Crippen LogP contribution in [-0.4, -0.2) is 67.1 Å². The molecule has 1 aliphatic heterocycles. The zero-order chi connectivity index (χ0) is 19.8. The van der Waals surface area contributed by atoms with E-state index in [2.05, 4.69) is 64.0 Å². The standard InChI is InChI=1S/C21H32N6O/c1-22-20(24-17-21(26(2)3)9-13-28-14-10-21)23-15-18-7-4-5-8-19(18)16-27-12-6-11-25-27/h4-8,11-12H,9-10,13-17H2,1-3H3,(H2,22,23,24). The maximum absolute atomic E-state index is 5.56. The van der Waals surface area contributed by atoms with E-state index in [1.165, 1.54) is 11.1 Å². The highest BCUT2D eigenvalue weighted by Gasteiger charge is 2.34. The molecule has 0 bridgehead atoms. The molecule has 2 aromatic rings. The molecule has 0 spiro atoms. The lowest BCUT2D eigenvalue weighted by atomic mass is 9.88. The topological polar surface area (TPSA) is 66.7 Å². The van der Waals surface area contributed by atoms with Gasteiger partial charge in [-0.25, -0.2) is 0 Å². The van der Waals surface area contributed by atoms with Gasteiger partial charge in [0.05, 0.1) is 6.54 Å². The van der Waals surface area contributed by atoms with E-state index in [-0.39, 0.29) is 5.54 Å². The van der Waals surface area contributed by atoms with Crippen LogP contribution in [0.3, 0.4) is 0 Å². The second kappa shape index (κ2) is 9.71. The van der Waals surface area contributed by atoms with Gasteiger partial charge in [-0.2, -0.15) is 5.10 Å². The van der Waals surface area contributed by atoms with Gasteiger partial charge < -0.3 is 20.3 Å². The van der Waals surface area contributed by atoms with Gasteiger partial charge >= 0.3 is 0 Å². The fourth-order valence-corrected chi connectivity index (χ4v) is 3.63. The van der Waals surface area contributed by atoms with Crippen molar-refractivity contribution in [2.24, 2.45) is 4.99 Å². The Hall–Kier alpha value is -2.38. The van der Waals surface area contributed by atoms with Crippen molar-refractivity contribution < 1.29 is 4.74 Å². The highest BCUT2D eigenvalue weighted by molar-refractivity contribution is 5.79. The van der Waals surface area contributed by atoms with Crippen LogP contribution in [0.5, 0.6) is 0 Å². The van der Waals surface area contributed by atoms with E-state index in [4.69, 9.17) is 4.74 Å². The number of nitrogens with zero attached hydrogens (tertiary/aromatic N) is 4. The van der Waals surface area contributed by atoms with Gasteiger partial charge in [-0.3, -0.25) is 9.67 Å². The Labute approximate surface area is 167 Å². The van der Waals surface area contributed by atoms with E-state index in [0.717, 1.165) is 51.6 Å². The molecule has 0 aliphatic carbocycles. The molecule has 152 valence electrons. The van der Waals surface area contributed by atoms with E-state index in [9.17, 15) is 0 Å². The largest absolute Gasteiger partial charge is 0.381 e. The van der Waals surface area contributed by atoms with Crippen molar-refractivity contribution in [3.63, 3.8) is 0 Å². The van der Waals surface area contributed by atoms with Crippen LogP contribution in [0.15, 0.2) is 47.7 Å². The smallest absolute Gasteiger partial charge is 0.191 e. The second-order valence-electron chi connectivity index (χ2n) is 7.48. The minimum absolute atomic E-state index is 0.105. The first-order valence-electron chi connectivity index (χ1n) is 9.87. The van der Waals surface area contributed by atoms with Crippen LogP contribution in [0.1, 0.15) is 24.0 Å². The number of benzene rings is 1. The maximum Gasteiger partial charge on any atom is 0.191 e. The number of hydrogen-bond donors (Lipinski definition) is 2. The van der Waals surface area contributed by atoms with Crippen LogP contribution in [0.25, 0.3) is 0 Å². The Morgan fingerprint density at radius 2 is 1.93 bits per heavy atom. The number of rotatable bonds is 7. The van der Waals surface area contributed by atoms with Gasteiger partial charge in [0.15, 0.2) is 5.96 Å². The summed E-state index contributed by atoms with van der Waals surface area (Å²) in [6.07, 6.45) is 5.84. The fraction of sp³-hybridized carbons (Fsp3) is 0.524. The molecular weight excluding hydrogens is 352 g/mol. The molecule has 1 aromatic carbocycles. The molecule has 1 saturated heterocycles. The first kappa shape index (κ1) is 20.4. The Bertz CT molecular complexity index is 750. The lowest BCUT2D eigenvalue weighted by Gasteiger charge is -2.43. The summed E-state index contributed by atoms with van der Waals surface area (Å²) in [5, 5.41) is 11.3. The zero-order valence-electron chi connectivity index (χ0n) is 17.2. The van der Waals surface area contributed by atoms with Crippen molar-refractivity contribution >= 4 is 5.96 Å². The molecule has 28 heavy (non-hydrogen) atoms. The first-order valence-corrected chi connectivity index (χ1v) is 9.87. The second-order valence-corrected chi connectivity index (χ2v) is 7.48. The number of aromatic nitrogens is 2. The van der Waals surface area contributed by atoms with Gasteiger partial charge in [0, 0.05) is 51.3 Å². The van der Waals surface area contributed by atoms with Crippen molar-refractivity contribution in [3.05, 3.63) is 53.9 Å². The number of aliphatic imine (C=N–C) groups is 1. The quantitative estimate of drug-likeness (QED) is 0.562. The maximum atomic E-state index is 5.56. The van der Waals surface area contributed by atoms with Gasteiger partial charge in [0.1, 0.15) is 0 Å². The predicted octanol–water partition coefficient (Wildman–Crippen LogP) is 1.71. The molecule has 1 aromatic heterocycles. The van der Waals surface area contributed by atoms with Crippen LogP contribution < -0.4 is 10.6 Å². The SMILES string of the molecule is CN=C(NCc1ccccc1Cn1cccn1)NCC1(N(C)C)CCOCC1. The van der Waals surface area contributed by atoms with Gasteiger partial charge in [0.25, 0.3) is 0 Å². The Kier molecular flexibility index (Phi) is 7.06. The summed E-state index contributed by atoms with van der Waals surface area (Å²) in [4.78, 5) is 6.73. The summed E-state index contributed by atoms with van der Waals surface area (Å²) in [7, 11) is 6.11. The van der Waals surface area contributed by atoms with Crippen LogP contribution in [0.2, 0.25) is 0 Å². The van der Waals surface area contributed by atoms with E-state index >= 15 is 0 Å². The number of likely N-dealkylation sites (N-methyl/N-ethyl adjacent to an activating group) is 1. The van der Waals surface area contributed by atoms with Crippen LogP contribution >= 0.6 is 0 Å². The lowest BCUT2D eigenvalue weighted by molar-refractivity contribution is -0.00501. The molecule has 0 unspecified atom stereocenters. The molecule has 7 heteroatoms. The van der Waals surface area contributed by atoms with Gasteiger partial charge in [-0.15, -0.1) is 0 Å². The minimum atomic E-state index is 0.105. The summed E-state index contributed by atoms with van der Waals surface area (Å²) >= 11 is 0. The highest BCUT2D eigenvalue weighted by atomic mass is 16.5. The number of guanidine groups is 1. The average Bonchev–Trinajstić information content (AvgIpc) is 3.23. The molecule has 3 rings (SSSR count). The minimum Gasteiger partial charge on any atom is -0.381 e. The summed E-state index contributed by atoms with van der Waals surface area (Å²) in [6.45, 7) is 3.95. The molecule has 1 aliphatic rings. The van der Waals surface area contributed by atoms with Crippen LogP contribution in [0.4, 0.5) is 0 Å². The summed E-state index contributed by atoms with van der Waals surface area (Å²) in [5.41, 5.74) is 2.60. The van der Waals surface area contributed by atoms with Gasteiger partial charge in [0.2, 0.25) is 0 Å². The summed E-state index contributed by atoms with van der Waals surface area (Å²) in [6, 6.07) is 10.4. The van der Waals surface area contributed by atoms with Crippen LogP contribution in [-0.2, 0) is 17.8 Å². The van der Waals surface area contributed by atoms with E-state index in [1.807, 2.05) is 30.2 Å². The monoisotopic (exact) mass is 384 g/mol. The van der Waals surface area contributed by atoms with Gasteiger partial charge in [-0.05, 0) is 44.1 Å². The van der Waals surface area contributed by atoms with Crippen molar-refractivity contribution in [1.29, 1.82) is 0 Å². The molecule has 0 atom stereocenters. The Morgan fingerprint density at radius 1 is 1.18 bits per heavy atom. The molecule has 0 radical (unpaired) electrons. The molecule has 2 heterocycles. The number of ether oxygens (including phenoxy) is 1. The Balaban J connectivity index is 1.59. The van der Waals surface area contributed by atoms with E-state index in [0.29, 0.717) is 0 Å². The third-order valence-corrected chi connectivity index (χ3v) is 5.64. The number of hydrogen-bond acceptors (Lipinski definition) is 4. The normalized spacial score (nSPS) is 16.9. The van der Waals surface area contributed by atoms with Crippen LogP contribution in [0, 0.1) is 0 Å². The lowest BCUT2D eigenvalue weighted by Crippen LogP contribution is -2.57. The highest BCUT2D eigenvalue weighted by Crippen LogP contribution is 2.25. The molecule has 7 nitrogen and oxygen atoms in total. The molecule has 0 saturated carbocycles. The molecule has 0 amide bonds. The van der Waals surface area contributed by atoms with Crippen molar-refractivity contribution in [1.82, 2.24) is 25.3 Å². The first-order chi connectivity index (χ1) is 13.6. The summed E-state index contributed by atoms with van der Waals surface area (Å²) in [5.74, 6) is 0.821. The van der Waals surface area contributed by atoms with Crippen molar-refractivity contribution in [2.75, 3.05) is 40.9 Å². The van der Waals surface area contributed by atoms with Crippen molar-refractivity contribution in [2.45, 2.75) is 31.5 Å². The average molecular weight is 385 g/mol. The van der Waals surface area contributed by atoms with E-state index in [1.54, 1.807) is 0 Å². The third kappa shape index (κ3) is 5.11. The fourth-order valence-electron chi connectivity index (χ4n) is 3.63. The van der Waals surface area contributed by atoms with E-state index < -0.39 is 0 Å². The summed E-state index contributed by atoms with van der Waals surface area (Å²) < 4.78 is 7.50. The van der Waals surface area contributed by atoms with Crippen molar-refractivity contribution in [3.8, 4) is 0 Å². The number of nitrogens with one attached hydrogen (secondary N) is 2.